The van der Waals surface area contributed by atoms with E-state index in [1.807, 2.05) is 0 Å². The molecule has 0 aromatic carbocycles. The van der Waals surface area contributed by atoms with Crippen LogP contribution < -0.4 is 0 Å². The largest absolute Gasteiger partial charge is 0.481 e. The van der Waals surface area contributed by atoms with Crippen LogP contribution in [0.4, 0.5) is 0 Å². The van der Waals surface area contributed by atoms with Crippen molar-refractivity contribution >= 4 is 5.97 Å². The summed E-state index contributed by atoms with van der Waals surface area (Å²) in [5.74, 6) is -1.07. The van der Waals surface area contributed by atoms with Crippen LogP contribution >= 0.6 is 0 Å². The van der Waals surface area contributed by atoms with E-state index in [1.54, 1.807) is 0 Å². The number of rotatable bonds is 3. The number of ether oxygens (including phenoxy) is 1. The highest BCUT2D eigenvalue weighted by Gasteiger charge is 2.05. The molecule has 0 radical (unpaired) electrons. The van der Waals surface area contributed by atoms with E-state index in [4.69, 9.17) is 10.2 Å². The molecule has 4 heteroatoms. The van der Waals surface area contributed by atoms with E-state index < -0.39 is 12.3 Å². The lowest BCUT2D eigenvalue weighted by molar-refractivity contribution is -0.148. The number of aliphatic hydroxyl groups is 1. The van der Waals surface area contributed by atoms with Crippen molar-refractivity contribution in [3.63, 3.8) is 0 Å². The van der Waals surface area contributed by atoms with Gasteiger partial charge in [-0.15, -0.1) is 0 Å². The van der Waals surface area contributed by atoms with Crippen molar-refractivity contribution in [2.45, 2.75) is 12.7 Å². The van der Waals surface area contributed by atoms with Gasteiger partial charge in [-0.25, -0.2) is 0 Å². The Labute approximate surface area is 46.7 Å². The number of hydrogen-bond acceptors (Lipinski definition) is 3. The van der Waals surface area contributed by atoms with Crippen molar-refractivity contribution < 1.29 is 19.7 Å². The summed E-state index contributed by atoms with van der Waals surface area (Å²) < 4.78 is 4.24. The smallest absolute Gasteiger partial charge is 0.308 e. The molecule has 0 fully saturated rings. The number of aliphatic hydroxyl groups excluding tert-OH is 1. The van der Waals surface area contributed by atoms with E-state index in [0.29, 0.717) is 0 Å². The lowest BCUT2D eigenvalue weighted by atomic mass is 10.4. The highest BCUT2D eigenvalue weighted by Crippen LogP contribution is 1.89. The van der Waals surface area contributed by atoms with Gasteiger partial charge in [-0.2, -0.15) is 0 Å². The minimum Gasteiger partial charge on any atom is -0.481 e. The lowest BCUT2D eigenvalue weighted by Gasteiger charge is -2.01. The van der Waals surface area contributed by atoms with Crippen LogP contribution in [0.15, 0.2) is 0 Å². The fourth-order valence-electron chi connectivity index (χ4n) is 0.233. The zero-order valence-corrected chi connectivity index (χ0v) is 4.50. The van der Waals surface area contributed by atoms with Gasteiger partial charge in [-0.3, -0.25) is 4.79 Å². The molecule has 0 saturated heterocycles. The molecule has 0 aliphatic heterocycles. The van der Waals surface area contributed by atoms with E-state index in [9.17, 15) is 4.79 Å². The average Bonchev–Trinajstić information content (AvgIpc) is 1.65. The number of methoxy groups -OCH3 is 1. The van der Waals surface area contributed by atoms with Gasteiger partial charge in [0.2, 0.25) is 0 Å². The Kier molecular flexibility index (Phi) is 3.14. The molecule has 8 heavy (non-hydrogen) atoms. The van der Waals surface area contributed by atoms with Gasteiger partial charge in [0.1, 0.15) is 0 Å². The molecule has 1 unspecified atom stereocenters. The van der Waals surface area contributed by atoms with E-state index >= 15 is 0 Å². The maximum atomic E-state index is 9.73. The normalized spacial score (nSPS) is 13.2. The fraction of sp³-hybridized carbons (Fsp3) is 0.750. The SMILES string of the molecule is COC(O)CC(=O)O. The van der Waals surface area contributed by atoms with Crippen molar-refractivity contribution in [2.24, 2.45) is 0 Å². The van der Waals surface area contributed by atoms with Gasteiger partial charge in [0.05, 0.1) is 6.42 Å². The van der Waals surface area contributed by atoms with E-state index in [2.05, 4.69) is 4.74 Å². The molecule has 2 N–H and O–H groups in total. The van der Waals surface area contributed by atoms with Crippen LogP contribution in [0.3, 0.4) is 0 Å². The molecule has 0 saturated carbocycles. The summed E-state index contributed by atoms with van der Waals surface area (Å²) in [7, 11) is 1.24. The molecule has 0 aromatic rings. The van der Waals surface area contributed by atoms with Crippen molar-refractivity contribution in [2.75, 3.05) is 7.11 Å². The number of hydrogen-bond donors (Lipinski definition) is 2. The molecule has 0 aliphatic rings. The Bertz CT molecular complexity index is 80.1. The summed E-state index contributed by atoms with van der Waals surface area (Å²) in [6.07, 6.45) is -1.54. The van der Waals surface area contributed by atoms with Gasteiger partial charge >= 0.3 is 5.97 Å². The predicted molar refractivity (Wildman–Crippen MR) is 25.3 cm³/mol. The van der Waals surface area contributed by atoms with Crippen LogP contribution in [-0.2, 0) is 9.53 Å². The molecular weight excluding hydrogens is 112 g/mol. The zero-order valence-electron chi connectivity index (χ0n) is 4.50. The summed E-state index contributed by atoms with van der Waals surface area (Å²) in [4.78, 5) is 9.73. The van der Waals surface area contributed by atoms with E-state index in [0.717, 1.165) is 0 Å². The Morgan fingerprint density at radius 3 is 2.50 bits per heavy atom. The first-order chi connectivity index (χ1) is 3.66. The van der Waals surface area contributed by atoms with Crippen LogP contribution in [0, 0.1) is 0 Å². The van der Waals surface area contributed by atoms with Gasteiger partial charge in [0, 0.05) is 7.11 Å². The van der Waals surface area contributed by atoms with Gasteiger partial charge < -0.3 is 14.9 Å². The van der Waals surface area contributed by atoms with Crippen LogP contribution in [0.5, 0.6) is 0 Å². The first-order valence-electron chi connectivity index (χ1n) is 2.09. The number of carbonyl (C=O) groups is 1. The molecule has 4 nitrogen and oxygen atoms in total. The molecule has 0 aromatic heterocycles. The van der Waals surface area contributed by atoms with Gasteiger partial charge in [-0.05, 0) is 0 Å². The Balaban J connectivity index is 3.24. The monoisotopic (exact) mass is 120 g/mol. The Morgan fingerprint density at radius 2 is 2.38 bits per heavy atom. The molecule has 0 rings (SSSR count). The van der Waals surface area contributed by atoms with Gasteiger partial charge in [0.15, 0.2) is 6.29 Å². The third-order valence-corrected chi connectivity index (χ3v) is 0.621. The summed E-state index contributed by atoms with van der Waals surface area (Å²) in [5, 5.41) is 16.4. The zero-order chi connectivity index (χ0) is 6.57. The minimum absolute atomic E-state index is 0.365. The van der Waals surface area contributed by atoms with Crippen molar-refractivity contribution in [3.8, 4) is 0 Å². The second-order valence-corrected chi connectivity index (χ2v) is 1.29. The third-order valence-electron chi connectivity index (χ3n) is 0.621. The molecule has 1 atom stereocenters. The second kappa shape index (κ2) is 3.40. The number of carboxylic acid groups (broad SMARTS) is 1. The van der Waals surface area contributed by atoms with Crippen molar-refractivity contribution in [1.29, 1.82) is 0 Å². The Morgan fingerprint density at radius 1 is 1.88 bits per heavy atom. The van der Waals surface area contributed by atoms with Crippen LogP contribution in [-0.4, -0.2) is 29.6 Å². The summed E-state index contributed by atoms with van der Waals surface area (Å²) in [6.45, 7) is 0. The quantitative estimate of drug-likeness (QED) is 0.489. The summed E-state index contributed by atoms with van der Waals surface area (Å²) in [5.41, 5.74) is 0. The third kappa shape index (κ3) is 3.58. The topological polar surface area (TPSA) is 66.8 Å². The number of aliphatic carboxylic acids is 1. The maximum Gasteiger partial charge on any atom is 0.308 e. The maximum absolute atomic E-state index is 9.73. The molecule has 48 valence electrons. The molecule has 0 aliphatic carbocycles. The highest BCUT2D eigenvalue weighted by atomic mass is 16.6. The average molecular weight is 120 g/mol. The van der Waals surface area contributed by atoms with Gasteiger partial charge in [0.25, 0.3) is 0 Å². The van der Waals surface area contributed by atoms with E-state index in [1.165, 1.54) is 7.11 Å². The van der Waals surface area contributed by atoms with Crippen molar-refractivity contribution in [3.05, 3.63) is 0 Å². The van der Waals surface area contributed by atoms with Crippen LogP contribution in [0.2, 0.25) is 0 Å². The minimum atomic E-state index is -1.17. The standard InChI is InChI=1S/C4H8O4/c1-8-4(7)2-3(5)6/h4,7H,2H2,1H3,(H,5,6). The first-order valence-corrected chi connectivity index (χ1v) is 2.09. The summed E-state index contributed by atoms with van der Waals surface area (Å²) >= 11 is 0. The number of carboxylic acids is 1. The fourth-order valence-corrected chi connectivity index (χ4v) is 0.233. The van der Waals surface area contributed by atoms with Crippen molar-refractivity contribution in [1.82, 2.24) is 0 Å². The highest BCUT2D eigenvalue weighted by molar-refractivity contribution is 5.67. The van der Waals surface area contributed by atoms with Gasteiger partial charge in [-0.1, -0.05) is 0 Å². The Hall–Kier alpha value is -0.610. The molecule has 0 bridgehead atoms. The molecule has 0 amide bonds. The summed E-state index contributed by atoms with van der Waals surface area (Å²) in [6, 6.07) is 0. The van der Waals surface area contributed by atoms with Crippen LogP contribution in [0.1, 0.15) is 6.42 Å². The van der Waals surface area contributed by atoms with E-state index in [-0.39, 0.29) is 6.42 Å². The van der Waals surface area contributed by atoms with Crippen LogP contribution in [0.25, 0.3) is 0 Å². The molecule has 0 heterocycles. The molecule has 0 spiro atoms. The first kappa shape index (κ1) is 7.39. The second-order valence-electron chi connectivity index (χ2n) is 1.29. The lowest BCUT2D eigenvalue weighted by Crippen LogP contribution is -2.14. The predicted octanol–water partition coefficient (Wildman–Crippen LogP) is -0.574. The molecular formula is C4H8O4.